The molecule has 0 aromatic rings. The summed E-state index contributed by atoms with van der Waals surface area (Å²) in [5.74, 6) is 0. The molecule has 0 saturated carbocycles. The molecule has 0 unspecified atom stereocenters. The Morgan fingerprint density at radius 3 is 1.83 bits per heavy atom. The van der Waals surface area contributed by atoms with Crippen LogP contribution in [0.1, 0.15) is 0 Å². The number of rotatable bonds is 1. The van der Waals surface area contributed by atoms with E-state index < -0.39 is 0 Å². The smallest absolute Gasteiger partial charge is 0.0216 e. The van der Waals surface area contributed by atoms with Crippen LogP contribution in [0.4, 0.5) is 0 Å². The summed E-state index contributed by atoms with van der Waals surface area (Å²) in [5, 5.41) is 8.74. The lowest BCUT2D eigenvalue weighted by Crippen LogP contribution is -1.88. The predicted octanol–water partition coefficient (Wildman–Crippen LogP) is 0.0872. The molecule has 6 heavy (non-hydrogen) atoms. The lowest BCUT2D eigenvalue weighted by atomic mass is 11.5. The summed E-state index contributed by atoms with van der Waals surface area (Å²) in [6, 6.07) is 0. The SMILES string of the molecule is C=N.C=NNC. The molecule has 0 spiro atoms. The van der Waals surface area contributed by atoms with Crippen molar-refractivity contribution in [1.29, 1.82) is 5.41 Å². The van der Waals surface area contributed by atoms with Crippen LogP contribution >= 0.6 is 0 Å². The van der Waals surface area contributed by atoms with Crippen LogP contribution in [0.2, 0.25) is 0 Å². The first-order valence-electron chi connectivity index (χ1n) is 1.39. The summed E-state index contributed by atoms with van der Waals surface area (Å²) in [4.78, 5) is 0. The van der Waals surface area contributed by atoms with Crippen molar-refractivity contribution >= 4 is 13.4 Å². The van der Waals surface area contributed by atoms with E-state index >= 15 is 0 Å². The molecular weight excluding hydrogens is 78.1 g/mol. The number of hydrogen-bond acceptors (Lipinski definition) is 3. The Hall–Kier alpha value is -0.860. The Morgan fingerprint density at radius 2 is 1.83 bits per heavy atom. The molecule has 0 aliphatic rings. The van der Waals surface area contributed by atoms with Crippen LogP contribution in [0.3, 0.4) is 0 Å². The zero-order valence-corrected chi connectivity index (χ0v) is 3.86. The zero-order chi connectivity index (χ0) is 5.41. The van der Waals surface area contributed by atoms with Crippen LogP contribution in [0.25, 0.3) is 0 Å². The summed E-state index contributed by atoms with van der Waals surface area (Å²) in [6.45, 7) is 5.62. The van der Waals surface area contributed by atoms with Gasteiger partial charge in [-0.15, -0.1) is 0 Å². The zero-order valence-electron chi connectivity index (χ0n) is 3.86. The molecule has 3 heteroatoms. The standard InChI is InChI=1S/C2H6N2.CH3N/c1-3-4-2;1-2/h4H,1H2,2H3;2H,1H2. The molecule has 0 aliphatic carbocycles. The van der Waals surface area contributed by atoms with Gasteiger partial charge >= 0.3 is 0 Å². The summed E-state index contributed by atoms with van der Waals surface area (Å²) in [5.41, 5.74) is 2.44. The molecule has 0 aliphatic heterocycles. The fourth-order valence-corrected chi connectivity index (χ4v) is 0. The van der Waals surface area contributed by atoms with Gasteiger partial charge in [0.2, 0.25) is 0 Å². The second-order valence-corrected chi connectivity index (χ2v) is 0.382. The van der Waals surface area contributed by atoms with E-state index in [4.69, 9.17) is 5.41 Å². The van der Waals surface area contributed by atoms with E-state index in [0.29, 0.717) is 0 Å². The molecule has 3 nitrogen and oxygen atoms in total. The topological polar surface area (TPSA) is 48.2 Å². The number of hydrazone groups is 1. The first kappa shape index (κ1) is 8.94. The van der Waals surface area contributed by atoms with E-state index in [1.165, 1.54) is 0 Å². The van der Waals surface area contributed by atoms with Crippen molar-refractivity contribution in [2.75, 3.05) is 7.05 Å². The lowest BCUT2D eigenvalue weighted by molar-refractivity contribution is 0.913. The average Bonchev–Trinajstić information content (AvgIpc) is 1.72. The molecule has 0 radical (unpaired) electrons. The minimum Gasteiger partial charge on any atom is -0.317 e. The maximum atomic E-state index is 5.50. The highest BCUT2D eigenvalue weighted by Crippen LogP contribution is 1.27. The molecule has 36 valence electrons. The quantitative estimate of drug-likeness (QED) is 0.345. The monoisotopic (exact) mass is 87.1 g/mol. The molecule has 0 bridgehead atoms. The van der Waals surface area contributed by atoms with E-state index in [0.717, 1.165) is 0 Å². The van der Waals surface area contributed by atoms with Crippen LogP contribution < -0.4 is 5.43 Å². The van der Waals surface area contributed by atoms with Gasteiger partial charge in [-0.2, -0.15) is 5.10 Å². The second-order valence-electron chi connectivity index (χ2n) is 0.382. The van der Waals surface area contributed by atoms with Crippen molar-refractivity contribution in [1.82, 2.24) is 5.43 Å². The van der Waals surface area contributed by atoms with Crippen molar-refractivity contribution in [3.63, 3.8) is 0 Å². The Kier molecular flexibility index (Phi) is 46.8. The number of nitrogens with one attached hydrogen (secondary N) is 2. The van der Waals surface area contributed by atoms with Crippen molar-refractivity contribution in [2.24, 2.45) is 5.10 Å². The van der Waals surface area contributed by atoms with Crippen molar-refractivity contribution < 1.29 is 0 Å². The van der Waals surface area contributed by atoms with E-state index in [2.05, 4.69) is 24.0 Å². The second kappa shape index (κ2) is 31.4. The molecule has 0 atom stereocenters. The van der Waals surface area contributed by atoms with E-state index in [9.17, 15) is 0 Å². The summed E-state index contributed by atoms with van der Waals surface area (Å²) < 4.78 is 0. The Bertz CT molecular complexity index is 27.2. The molecule has 0 saturated heterocycles. The van der Waals surface area contributed by atoms with Gasteiger partial charge in [-0.3, -0.25) is 0 Å². The highest BCUT2D eigenvalue weighted by Gasteiger charge is 1.33. The van der Waals surface area contributed by atoms with E-state index in [-0.39, 0.29) is 0 Å². The molecule has 2 N–H and O–H groups in total. The average molecular weight is 87.1 g/mol. The largest absolute Gasteiger partial charge is 0.317 e. The van der Waals surface area contributed by atoms with Crippen LogP contribution in [-0.2, 0) is 0 Å². The van der Waals surface area contributed by atoms with Gasteiger partial charge in [0.05, 0.1) is 0 Å². The fraction of sp³-hybridized carbons (Fsp3) is 0.333. The Labute approximate surface area is 37.6 Å². The van der Waals surface area contributed by atoms with Gasteiger partial charge in [0.1, 0.15) is 0 Å². The van der Waals surface area contributed by atoms with Crippen molar-refractivity contribution in [2.45, 2.75) is 0 Å². The summed E-state index contributed by atoms with van der Waals surface area (Å²) in [7, 11) is 1.70. The summed E-state index contributed by atoms with van der Waals surface area (Å²) >= 11 is 0. The normalized spacial score (nSPS) is 4.17. The number of nitrogens with zero attached hydrogens (tertiary/aromatic N) is 1. The fourth-order valence-electron chi connectivity index (χ4n) is 0. The van der Waals surface area contributed by atoms with Gasteiger partial charge < -0.3 is 10.8 Å². The molecule has 0 aromatic heterocycles. The van der Waals surface area contributed by atoms with Gasteiger partial charge in [-0.25, -0.2) is 0 Å². The van der Waals surface area contributed by atoms with Crippen LogP contribution in [0.15, 0.2) is 5.10 Å². The lowest BCUT2D eigenvalue weighted by Gasteiger charge is -1.71. The van der Waals surface area contributed by atoms with Gasteiger partial charge in [-0.1, -0.05) is 0 Å². The molecular formula is C3H9N3. The third-order valence-corrected chi connectivity index (χ3v) is 0.158. The van der Waals surface area contributed by atoms with Crippen LogP contribution in [0.5, 0.6) is 0 Å². The highest BCUT2D eigenvalue weighted by atomic mass is 15.2. The highest BCUT2D eigenvalue weighted by molar-refractivity contribution is 5.22. The molecule has 0 rings (SSSR count). The first-order valence-corrected chi connectivity index (χ1v) is 1.39. The van der Waals surface area contributed by atoms with Crippen LogP contribution in [-0.4, -0.2) is 20.5 Å². The van der Waals surface area contributed by atoms with Crippen molar-refractivity contribution in [3.05, 3.63) is 0 Å². The van der Waals surface area contributed by atoms with Gasteiger partial charge in [0.25, 0.3) is 0 Å². The molecule has 0 amide bonds. The minimum atomic E-state index is 1.70. The van der Waals surface area contributed by atoms with E-state index in [1.54, 1.807) is 7.05 Å². The van der Waals surface area contributed by atoms with Gasteiger partial charge in [0, 0.05) is 13.8 Å². The van der Waals surface area contributed by atoms with Crippen molar-refractivity contribution in [3.8, 4) is 0 Å². The molecule has 0 fully saturated rings. The third-order valence-electron chi connectivity index (χ3n) is 0.158. The molecule has 0 aromatic carbocycles. The van der Waals surface area contributed by atoms with Gasteiger partial charge in [0.15, 0.2) is 0 Å². The first-order chi connectivity index (χ1) is 2.91. The van der Waals surface area contributed by atoms with Gasteiger partial charge in [-0.05, 0) is 6.72 Å². The Balaban J connectivity index is 0. The maximum absolute atomic E-state index is 5.50. The summed E-state index contributed by atoms with van der Waals surface area (Å²) in [6.07, 6.45) is 0. The van der Waals surface area contributed by atoms with E-state index in [1.807, 2.05) is 0 Å². The number of hydrogen-bond donors (Lipinski definition) is 2. The third kappa shape index (κ3) is 734. The maximum Gasteiger partial charge on any atom is 0.0216 e. The Morgan fingerprint density at radius 1 is 1.67 bits per heavy atom. The predicted molar refractivity (Wildman–Crippen MR) is 28.4 cm³/mol. The molecule has 0 heterocycles. The van der Waals surface area contributed by atoms with Crippen LogP contribution in [0, 0.1) is 5.41 Å². The minimum absolute atomic E-state index is 1.70.